The first-order valence-corrected chi connectivity index (χ1v) is 5.89. The molecule has 1 aromatic rings. The number of aliphatic hydroxyl groups is 1. The minimum absolute atomic E-state index is 0.00597. The summed E-state index contributed by atoms with van der Waals surface area (Å²) in [7, 11) is 0. The average molecular weight is 228 g/mol. The van der Waals surface area contributed by atoms with Gasteiger partial charge in [0, 0.05) is 12.0 Å². The van der Waals surface area contributed by atoms with Gasteiger partial charge in [-0.15, -0.1) is 0 Å². The van der Waals surface area contributed by atoms with Crippen molar-refractivity contribution in [1.82, 2.24) is 0 Å². The number of carbonyl (C=O) groups excluding carboxylic acids is 1. The van der Waals surface area contributed by atoms with Crippen LogP contribution in [0.15, 0.2) is 54.1 Å². The highest BCUT2D eigenvalue weighted by Gasteiger charge is 2.16. The van der Waals surface area contributed by atoms with Gasteiger partial charge in [-0.2, -0.15) is 0 Å². The van der Waals surface area contributed by atoms with Gasteiger partial charge in [-0.1, -0.05) is 48.6 Å². The van der Waals surface area contributed by atoms with Crippen LogP contribution in [0.3, 0.4) is 0 Å². The van der Waals surface area contributed by atoms with Crippen molar-refractivity contribution in [3.63, 3.8) is 0 Å². The van der Waals surface area contributed by atoms with E-state index >= 15 is 0 Å². The standard InChI is InChI=1S/C15H16O2/c16-14(12-7-3-1-4-8-12)11-15(17)13-9-5-2-6-10-13/h1-5,7-9,15,17H,6,10-11H2. The highest BCUT2D eigenvalue weighted by Crippen LogP contribution is 2.19. The molecule has 17 heavy (non-hydrogen) atoms. The van der Waals surface area contributed by atoms with Gasteiger partial charge in [-0.3, -0.25) is 4.79 Å². The van der Waals surface area contributed by atoms with E-state index < -0.39 is 6.10 Å². The van der Waals surface area contributed by atoms with Crippen molar-refractivity contribution in [2.24, 2.45) is 0 Å². The quantitative estimate of drug-likeness (QED) is 0.804. The third kappa shape index (κ3) is 3.14. The van der Waals surface area contributed by atoms with E-state index in [1.165, 1.54) is 0 Å². The van der Waals surface area contributed by atoms with Crippen LogP contribution in [-0.2, 0) is 0 Å². The maximum absolute atomic E-state index is 11.9. The van der Waals surface area contributed by atoms with Crippen molar-refractivity contribution in [3.05, 3.63) is 59.7 Å². The molecule has 2 heteroatoms. The van der Waals surface area contributed by atoms with Crippen molar-refractivity contribution in [2.45, 2.75) is 25.4 Å². The van der Waals surface area contributed by atoms with Crippen LogP contribution in [0, 0.1) is 0 Å². The molecule has 1 aliphatic rings. The number of hydrogen-bond acceptors (Lipinski definition) is 2. The molecule has 0 heterocycles. The monoisotopic (exact) mass is 228 g/mol. The Morgan fingerprint density at radius 2 is 2.06 bits per heavy atom. The summed E-state index contributed by atoms with van der Waals surface area (Å²) in [5.41, 5.74) is 1.62. The molecule has 2 rings (SSSR count). The zero-order valence-electron chi connectivity index (χ0n) is 9.67. The minimum Gasteiger partial charge on any atom is -0.388 e. The first-order chi connectivity index (χ1) is 8.27. The van der Waals surface area contributed by atoms with E-state index in [1.54, 1.807) is 12.1 Å². The van der Waals surface area contributed by atoms with Crippen molar-refractivity contribution in [3.8, 4) is 0 Å². The van der Waals surface area contributed by atoms with Gasteiger partial charge >= 0.3 is 0 Å². The van der Waals surface area contributed by atoms with Crippen molar-refractivity contribution in [1.29, 1.82) is 0 Å². The molecule has 1 N–H and O–H groups in total. The Bertz CT molecular complexity index is 443. The SMILES string of the molecule is O=C(CC(O)C1=CC=CCC1)c1ccccc1. The maximum Gasteiger partial charge on any atom is 0.165 e. The van der Waals surface area contributed by atoms with E-state index in [1.807, 2.05) is 30.4 Å². The second-order valence-electron chi connectivity index (χ2n) is 4.22. The lowest BCUT2D eigenvalue weighted by atomic mass is 9.95. The predicted octanol–water partition coefficient (Wildman–Crippen LogP) is 2.90. The van der Waals surface area contributed by atoms with E-state index in [2.05, 4.69) is 6.08 Å². The molecule has 1 aromatic carbocycles. The fourth-order valence-electron chi connectivity index (χ4n) is 1.95. The summed E-state index contributed by atoms with van der Waals surface area (Å²) in [6.07, 6.45) is 7.23. The summed E-state index contributed by atoms with van der Waals surface area (Å²) in [4.78, 5) is 11.9. The molecule has 0 fully saturated rings. The van der Waals surface area contributed by atoms with Crippen LogP contribution < -0.4 is 0 Å². The number of benzene rings is 1. The van der Waals surface area contributed by atoms with Crippen LogP contribution in [-0.4, -0.2) is 17.0 Å². The molecule has 0 saturated heterocycles. The van der Waals surface area contributed by atoms with E-state index in [9.17, 15) is 9.90 Å². The second-order valence-corrected chi connectivity index (χ2v) is 4.22. The maximum atomic E-state index is 11.9. The summed E-state index contributed by atoms with van der Waals surface area (Å²) < 4.78 is 0. The lowest BCUT2D eigenvalue weighted by molar-refractivity contribution is 0.0911. The Morgan fingerprint density at radius 1 is 1.29 bits per heavy atom. The molecule has 2 nitrogen and oxygen atoms in total. The first-order valence-electron chi connectivity index (χ1n) is 5.89. The molecule has 1 atom stereocenters. The van der Waals surface area contributed by atoms with Gasteiger partial charge in [0.25, 0.3) is 0 Å². The number of rotatable bonds is 4. The Labute approximate surface area is 101 Å². The largest absolute Gasteiger partial charge is 0.388 e. The van der Waals surface area contributed by atoms with E-state index in [0.717, 1.165) is 18.4 Å². The van der Waals surface area contributed by atoms with Crippen LogP contribution in [0.4, 0.5) is 0 Å². The molecule has 1 unspecified atom stereocenters. The fourth-order valence-corrected chi connectivity index (χ4v) is 1.95. The summed E-state index contributed by atoms with van der Waals surface area (Å²) in [6.45, 7) is 0. The van der Waals surface area contributed by atoms with Crippen LogP contribution in [0.5, 0.6) is 0 Å². The third-order valence-electron chi connectivity index (χ3n) is 2.95. The number of carbonyl (C=O) groups is 1. The van der Waals surface area contributed by atoms with Crippen molar-refractivity contribution < 1.29 is 9.90 Å². The molecule has 88 valence electrons. The number of ketones is 1. The second kappa shape index (κ2) is 5.60. The fraction of sp³-hybridized carbons (Fsp3) is 0.267. The van der Waals surface area contributed by atoms with Gasteiger partial charge in [0.15, 0.2) is 5.78 Å². The first kappa shape index (κ1) is 11.8. The average Bonchev–Trinajstić information content (AvgIpc) is 2.40. The van der Waals surface area contributed by atoms with Gasteiger partial charge in [-0.25, -0.2) is 0 Å². The molecule has 0 amide bonds. The van der Waals surface area contributed by atoms with Crippen LogP contribution in [0.2, 0.25) is 0 Å². The zero-order chi connectivity index (χ0) is 12.1. The Morgan fingerprint density at radius 3 is 2.71 bits per heavy atom. The summed E-state index contributed by atoms with van der Waals surface area (Å²) in [6, 6.07) is 9.11. The smallest absolute Gasteiger partial charge is 0.165 e. The van der Waals surface area contributed by atoms with Crippen LogP contribution >= 0.6 is 0 Å². The van der Waals surface area contributed by atoms with Gasteiger partial charge in [0.2, 0.25) is 0 Å². The predicted molar refractivity (Wildman–Crippen MR) is 67.9 cm³/mol. The molecule has 0 bridgehead atoms. The normalized spacial score (nSPS) is 16.4. The highest BCUT2D eigenvalue weighted by atomic mass is 16.3. The number of Topliss-reactive ketones (excluding diaryl/α,β-unsaturated/α-hetero) is 1. The third-order valence-corrected chi connectivity index (χ3v) is 2.95. The number of aliphatic hydroxyl groups excluding tert-OH is 1. The Kier molecular flexibility index (Phi) is 3.89. The molecular formula is C15H16O2. The Balaban J connectivity index is 1.99. The summed E-state index contributed by atoms with van der Waals surface area (Å²) in [5, 5.41) is 9.98. The molecule has 0 spiro atoms. The molecule has 1 aliphatic carbocycles. The van der Waals surface area contributed by atoms with Gasteiger partial charge in [0.1, 0.15) is 0 Å². The molecular weight excluding hydrogens is 212 g/mol. The topological polar surface area (TPSA) is 37.3 Å². The number of allylic oxidation sites excluding steroid dienone is 3. The van der Waals surface area contributed by atoms with Gasteiger partial charge in [-0.05, 0) is 18.4 Å². The van der Waals surface area contributed by atoms with E-state index in [0.29, 0.717) is 5.56 Å². The van der Waals surface area contributed by atoms with Gasteiger partial charge < -0.3 is 5.11 Å². The summed E-state index contributed by atoms with van der Waals surface area (Å²) in [5.74, 6) is -0.00597. The minimum atomic E-state index is -0.646. The summed E-state index contributed by atoms with van der Waals surface area (Å²) >= 11 is 0. The molecule has 0 aromatic heterocycles. The Hall–Kier alpha value is -1.67. The van der Waals surface area contributed by atoms with Crippen molar-refractivity contribution >= 4 is 5.78 Å². The molecule has 0 radical (unpaired) electrons. The van der Waals surface area contributed by atoms with Crippen LogP contribution in [0.1, 0.15) is 29.6 Å². The van der Waals surface area contributed by atoms with Crippen molar-refractivity contribution in [2.75, 3.05) is 0 Å². The highest BCUT2D eigenvalue weighted by molar-refractivity contribution is 5.96. The van der Waals surface area contributed by atoms with E-state index in [-0.39, 0.29) is 12.2 Å². The lowest BCUT2D eigenvalue weighted by Crippen LogP contribution is -2.16. The lowest BCUT2D eigenvalue weighted by Gasteiger charge is -2.15. The van der Waals surface area contributed by atoms with Crippen LogP contribution in [0.25, 0.3) is 0 Å². The van der Waals surface area contributed by atoms with Gasteiger partial charge in [0.05, 0.1) is 6.10 Å². The molecule has 0 aliphatic heterocycles. The molecule has 0 saturated carbocycles. The number of hydrogen-bond donors (Lipinski definition) is 1. The zero-order valence-corrected chi connectivity index (χ0v) is 9.67. The van der Waals surface area contributed by atoms with E-state index in [4.69, 9.17) is 0 Å².